The van der Waals surface area contributed by atoms with Gasteiger partial charge < -0.3 is 10.1 Å². The first kappa shape index (κ1) is 12.9. The quantitative estimate of drug-likeness (QED) is 0.869. The molecule has 0 aliphatic carbocycles. The van der Waals surface area contributed by atoms with E-state index < -0.39 is 0 Å². The topological polar surface area (TPSA) is 21.3 Å². The minimum atomic E-state index is 0.390. The maximum Gasteiger partial charge on any atom is 0.0669 e. The van der Waals surface area contributed by atoms with Gasteiger partial charge in [-0.25, -0.2) is 0 Å². The summed E-state index contributed by atoms with van der Waals surface area (Å²) in [5.41, 5.74) is 1.35. The highest BCUT2D eigenvalue weighted by molar-refractivity contribution is 8.00. The predicted octanol–water partition coefficient (Wildman–Crippen LogP) is 3.07. The third kappa shape index (κ3) is 3.73. The summed E-state index contributed by atoms with van der Waals surface area (Å²) in [4.78, 5) is 1.35. The summed E-state index contributed by atoms with van der Waals surface area (Å²) in [6, 6.07) is 8.88. The van der Waals surface area contributed by atoms with Gasteiger partial charge in [-0.2, -0.15) is 0 Å². The first-order chi connectivity index (χ1) is 8.29. The average Bonchev–Trinajstić information content (AvgIpc) is 2.74. The molecule has 0 saturated carbocycles. The van der Waals surface area contributed by atoms with Crippen LogP contribution in [0.2, 0.25) is 0 Å². The molecule has 2 unspecified atom stereocenters. The summed E-state index contributed by atoms with van der Waals surface area (Å²) in [7, 11) is 0. The number of nitrogens with one attached hydrogen (secondary N) is 1. The largest absolute Gasteiger partial charge is 0.377 e. The van der Waals surface area contributed by atoms with Crippen LogP contribution in [0.15, 0.2) is 29.2 Å². The Morgan fingerprint density at radius 1 is 1.35 bits per heavy atom. The first-order valence-corrected chi connectivity index (χ1v) is 7.25. The molecule has 2 nitrogen and oxygen atoms in total. The molecule has 2 rings (SSSR count). The Morgan fingerprint density at radius 2 is 2.12 bits per heavy atom. The molecule has 0 spiro atoms. The van der Waals surface area contributed by atoms with Gasteiger partial charge in [-0.05, 0) is 37.6 Å². The second kappa shape index (κ2) is 6.43. The molecule has 17 heavy (non-hydrogen) atoms. The van der Waals surface area contributed by atoms with Crippen molar-refractivity contribution < 1.29 is 4.74 Å². The lowest BCUT2D eigenvalue weighted by Gasteiger charge is -2.13. The van der Waals surface area contributed by atoms with Gasteiger partial charge in [0.1, 0.15) is 0 Å². The maximum absolute atomic E-state index is 5.58. The van der Waals surface area contributed by atoms with Gasteiger partial charge in [-0.15, -0.1) is 11.8 Å². The van der Waals surface area contributed by atoms with Crippen molar-refractivity contribution in [2.24, 2.45) is 0 Å². The SMILES string of the molecule is CCNCc1ccc(SC2CCOC2C)cc1. The molecule has 3 heteroatoms. The highest BCUT2D eigenvalue weighted by Gasteiger charge is 2.24. The predicted molar refractivity (Wildman–Crippen MR) is 73.5 cm³/mol. The Balaban J connectivity index is 1.89. The highest BCUT2D eigenvalue weighted by atomic mass is 32.2. The van der Waals surface area contributed by atoms with Gasteiger partial charge in [0.2, 0.25) is 0 Å². The normalized spacial score (nSPS) is 24.1. The van der Waals surface area contributed by atoms with E-state index in [4.69, 9.17) is 4.74 Å². The van der Waals surface area contributed by atoms with E-state index in [0.29, 0.717) is 11.4 Å². The minimum Gasteiger partial charge on any atom is -0.377 e. The first-order valence-electron chi connectivity index (χ1n) is 6.37. The molecule has 2 atom stereocenters. The molecule has 0 radical (unpaired) electrons. The van der Waals surface area contributed by atoms with Crippen molar-refractivity contribution in [1.29, 1.82) is 0 Å². The molecule has 0 aromatic heterocycles. The van der Waals surface area contributed by atoms with Gasteiger partial charge in [0, 0.05) is 23.3 Å². The second-order valence-corrected chi connectivity index (χ2v) is 5.76. The van der Waals surface area contributed by atoms with Crippen molar-refractivity contribution in [3.8, 4) is 0 Å². The molecular formula is C14H21NOS. The summed E-state index contributed by atoms with van der Waals surface area (Å²) in [5, 5.41) is 3.96. The van der Waals surface area contributed by atoms with E-state index >= 15 is 0 Å². The van der Waals surface area contributed by atoms with Crippen molar-refractivity contribution in [1.82, 2.24) is 5.32 Å². The summed E-state index contributed by atoms with van der Waals surface area (Å²) < 4.78 is 5.58. The van der Waals surface area contributed by atoms with Crippen LogP contribution in [0.4, 0.5) is 0 Å². The van der Waals surface area contributed by atoms with Crippen molar-refractivity contribution in [2.45, 2.75) is 43.1 Å². The van der Waals surface area contributed by atoms with Gasteiger partial charge in [0.25, 0.3) is 0 Å². The number of hydrogen-bond donors (Lipinski definition) is 1. The van der Waals surface area contributed by atoms with E-state index in [-0.39, 0.29) is 0 Å². The van der Waals surface area contributed by atoms with Crippen LogP contribution >= 0.6 is 11.8 Å². The van der Waals surface area contributed by atoms with Crippen molar-refractivity contribution in [3.05, 3.63) is 29.8 Å². The number of ether oxygens (including phenoxy) is 1. The second-order valence-electron chi connectivity index (χ2n) is 4.45. The van der Waals surface area contributed by atoms with Crippen LogP contribution in [0.1, 0.15) is 25.8 Å². The van der Waals surface area contributed by atoms with Crippen LogP contribution in [0.3, 0.4) is 0 Å². The lowest BCUT2D eigenvalue weighted by atomic mass is 10.2. The molecule has 0 amide bonds. The van der Waals surface area contributed by atoms with Crippen LogP contribution in [-0.4, -0.2) is 24.5 Å². The summed E-state index contributed by atoms with van der Waals surface area (Å²) >= 11 is 1.95. The minimum absolute atomic E-state index is 0.390. The Kier molecular flexibility index (Phi) is 4.89. The summed E-state index contributed by atoms with van der Waals surface area (Å²) in [6.07, 6.45) is 1.56. The maximum atomic E-state index is 5.58. The van der Waals surface area contributed by atoms with Crippen molar-refractivity contribution in [2.75, 3.05) is 13.2 Å². The number of benzene rings is 1. The highest BCUT2D eigenvalue weighted by Crippen LogP contribution is 2.32. The Bertz CT molecular complexity index is 339. The molecule has 1 aliphatic rings. The zero-order valence-electron chi connectivity index (χ0n) is 10.6. The molecule has 1 heterocycles. The molecule has 94 valence electrons. The monoisotopic (exact) mass is 251 g/mol. The van der Waals surface area contributed by atoms with Crippen molar-refractivity contribution >= 4 is 11.8 Å². The summed E-state index contributed by atoms with van der Waals surface area (Å²) in [5.74, 6) is 0. The molecule has 1 saturated heterocycles. The number of hydrogen-bond acceptors (Lipinski definition) is 3. The van der Waals surface area contributed by atoms with Crippen LogP contribution < -0.4 is 5.32 Å². The molecule has 1 fully saturated rings. The molecule has 1 aliphatic heterocycles. The molecular weight excluding hydrogens is 230 g/mol. The molecule has 1 N–H and O–H groups in total. The Morgan fingerprint density at radius 3 is 2.71 bits per heavy atom. The van der Waals surface area contributed by atoms with E-state index in [9.17, 15) is 0 Å². The van der Waals surface area contributed by atoms with E-state index in [1.165, 1.54) is 16.9 Å². The van der Waals surface area contributed by atoms with E-state index in [1.54, 1.807) is 0 Å². The average molecular weight is 251 g/mol. The molecule has 1 aromatic carbocycles. The number of rotatable bonds is 5. The zero-order chi connectivity index (χ0) is 12.1. The number of thioether (sulfide) groups is 1. The van der Waals surface area contributed by atoms with Gasteiger partial charge in [-0.3, -0.25) is 0 Å². The lowest BCUT2D eigenvalue weighted by Crippen LogP contribution is -2.13. The molecule has 0 bridgehead atoms. The van der Waals surface area contributed by atoms with E-state index in [0.717, 1.165) is 19.7 Å². The third-order valence-electron chi connectivity index (χ3n) is 3.10. The standard InChI is InChI=1S/C14H21NOS/c1-3-15-10-12-4-6-13(7-5-12)17-14-8-9-16-11(14)2/h4-7,11,14-15H,3,8-10H2,1-2H3. The fourth-order valence-corrected chi connectivity index (χ4v) is 3.12. The van der Waals surface area contributed by atoms with Crippen LogP contribution in [0, 0.1) is 0 Å². The van der Waals surface area contributed by atoms with E-state index in [2.05, 4.69) is 43.4 Å². The van der Waals surface area contributed by atoms with Crippen molar-refractivity contribution in [3.63, 3.8) is 0 Å². The van der Waals surface area contributed by atoms with Crippen LogP contribution in [0.25, 0.3) is 0 Å². The van der Waals surface area contributed by atoms with Gasteiger partial charge in [0.15, 0.2) is 0 Å². The smallest absolute Gasteiger partial charge is 0.0669 e. The Hall–Kier alpha value is -0.510. The fraction of sp³-hybridized carbons (Fsp3) is 0.571. The van der Waals surface area contributed by atoms with Gasteiger partial charge >= 0.3 is 0 Å². The summed E-state index contributed by atoms with van der Waals surface area (Å²) in [6.45, 7) is 7.20. The fourth-order valence-electron chi connectivity index (χ4n) is 2.00. The zero-order valence-corrected chi connectivity index (χ0v) is 11.4. The van der Waals surface area contributed by atoms with E-state index in [1.807, 2.05) is 11.8 Å². The third-order valence-corrected chi connectivity index (χ3v) is 4.56. The Labute approximate surface area is 108 Å². The lowest BCUT2D eigenvalue weighted by molar-refractivity contribution is 0.127. The van der Waals surface area contributed by atoms with Crippen LogP contribution in [0.5, 0.6) is 0 Å². The van der Waals surface area contributed by atoms with Gasteiger partial charge in [0.05, 0.1) is 6.10 Å². The molecule has 1 aromatic rings. The van der Waals surface area contributed by atoms with Crippen LogP contribution in [-0.2, 0) is 11.3 Å². The van der Waals surface area contributed by atoms with Gasteiger partial charge in [-0.1, -0.05) is 19.1 Å².